The van der Waals surface area contributed by atoms with Crippen molar-refractivity contribution in [2.45, 2.75) is 25.3 Å². The number of carbonyl (C=O) groups is 1. The van der Waals surface area contributed by atoms with Crippen LogP contribution in [0.25, 0.3) is 0 Å². The normalized spacial score (nSPS) is 19.4. The molecule has 0 spiro atoms. The van der Waals surface area contributed by atoms with Gasteiger partial charge in [0.05, 0.1) is 6.07 Å². The molecular formula is C13H12F2N2O. The molecule has 0 aliphatic carbocycles. The summed E-state index contributed by atoms with van der Waals surface area (Å²) in [5.74, 6) is -2.45. The molecule has 3 nitrogen and oxygen atoms in total. The number of nitriles is 1. The summed E-state index contributed by atoms with van der Waals surface area (Å²) in [4.78, 5) is 13.5. The first kappa shape index (κ1) is 12.5. The van der Waals surface area contributed by atoms with E-state index in [1.165, 1.54) is 11.0 Å². The summed E-state index contributed by atoms with van der Waals surface area (Å²) in [5, 5.41) is 8.98. The lowest BCUT2D eigenvalue weighted by atomic mass is 10.0. The van der Waals surface area contributed by atoms with Crippen molar-refractivity contribution in [3.05, 3.63) is 35.4 Å². The van der Waals surface area contributed by atoms with E-state index in [1.807, 2.05) is 0 Å². The van der Waals surface area contributed by atoms with Gasteiger partial charge in [0, 0.05) is 12.1 Å². The van der Waals surface area contributed by atoms with Crippen LogP contribution in [0, 0.1) is 23.0 Å². The Balaban J connectivity index is 2.24. The number of halogens is 2. The minimum absolute atomic E-state index is 0.0797. The fourth-order valence-electron chi connectivity index (χ4n) is 2.10. The van der Waals surface area contributed by atoms with Gasteiger partial charge in [-0.1, -0.05) is 0 Å². The lowest BCUT2D eigenvalue weighted by molar-refractivity contribution is 0.0670. The highest BCUT2D eigenvalue weighted by molar-refractivity contribution is 5.94. The molecule has 1 atom stereocenters. The van der Waals surface area contributed by atoms with Gasteiger partial charge in [-0.2, -0.15) is 5.26 Å². The molecule has 1 heterocycles. The molecule has 1 aromatic rings. The highest BCUT2D eigenvalue weighted by Gasteiger charge is 2.27. The quantitative estimate of drug-likeness (QED) is 0.768. The van der Waals surface area contributed by atoms with E-state index in [2.05, 4.69) is 6.07 Å². The molecule has 1 amide bonds. The Kier molecular flexibility index (Phi) is 3.56. The zero-order chi connectivity index (χ0) is 13.1. The van der Waals surface area contributed by atoms with E-state index < -0.39 is 23.6 Å². The van der Waals surface area contributed by atoms with Gasteiger partial charge >= 0.3 is 0 Å². The van der Waals surface area contributed by atoms with Crippen molar-refractivity contribution in [3.63, 3.8) is 0 Å². The first-order valence-corrected chi connectivity index (χ1v) is 5.79. The molecular weight excluding hydrogens is 238 g/mol. The highest BCUT2D eigenvalue weighted by Crippen LogP contribution is 2.20. The number of carbonyl (C=O) groups excluding carboxylic acids is 1. The van der Waals surface area contributed by atoms with E-state index in [9.17, 15) is 13.6 Å². The van der Waals surface area contributed by atoms with Gasteiger partial charge in [0.15, 0.2) is 11.6 Å². The number of amides is 1. The van der Waals surface area contributed by atoms with Crippen LogP contribution in [0.15, 0.2) is 18.2 Å². The van der Waals surface area contributed by atoms with E-state index in [0.29, 0.717) is 13.0 Å². The van der Waals surface area contributed by atoms with Crippen LogP contribution in [0.5, 0.6) is 0 Å². The molecule has 0 saturated carbocycles. The Labute approximate surface area is 104 Å². The van der Waals surface area contributed by atoms with E-state index >= 15 is 0 Å². The van der Waals surface area contributed by atoms with Gasteiger partial charge in [0.1, 0.15) is 6.04 Å². The Hall–Kier alpha value is -1.96. The van der Waals surface area contributed by atoms with Crippen LogP contribution < -0.4 is 0 Å². The van der Waals surface area contributed by atoms with Crippen molar-refractivity contribution < 1.29 is 13.6 Å². The van der Waals surface area contributed by atoms with Crippen molar-refractivity contribution in [1.29, 1.82) is 5.26 Å². The lowest BCUT2D eigenvalue weighted by Crippen LogP contribution is -2.42. The molecule has 0 N–H and O–H groups in total. The third kappa shape index (κ3) is 2.33. The zero-order valence-electron chi connectivity index (χ0n) is 9.70. The second-order valence-corrected chi connectivity index (χ2v) is 4.27. The molecule has 1 saturated heterocycles. The average molecular weight is 250 g/mol. The SMILES string of the molecule is N#CC1CCCCN1C(=O)c1ccc(F)c(F)c1. The molecule has 0 bridgehead atoms. The van der Waals surface area contributed by atoms with Crippen LogP contribution in [0.4, 0.5) is 8.78 Å². The summed E-state index contributed by atoms with van der Waals surface area (Å²) < 4.78 is 25.9. The summed E-state index contributed by atoms with van der Waals surface area (Å²) in [6.45, 7) is 0.482. The maximum atomic E-state index is 13.1. The first-order chi connectivity index (χ1) is 8.63. The van der Waals surface area contributed by atoms with E-state index in [1.54, 1.807) is 0 Å². The molecule has 0 aromatic heterocycles. The second-order valence-electron chi connectivity index (χ2n) is 4.27. The minimum atomic E-state index is -1.05. The van der Waals surface area contributed by atoms with E-state index in [0.717, 1.165) is 25.0 Å². The molecule has 2 rings (SSSR count). The van der Waals surface area contributed by atoms with Crippen molar-refractivity contribution in [2.24, 2.45) is 0 Å². The van der Waals surface area contributed by atoms with Gasteiger partial charge in [-0.05, 0) is 37.5 Å². The molecule has 5 heteroatoms. The van der Waals surface area contributed by atoms with Gasteiger partial charge in [-0.3, -0.25) is 4.79 Å². The molecule has 1 fully saturated rings. The monoisotopic (exact) mass is 250 g/mol. The minimum Gasteiger partial charge on any atom is -0.323 e. The molecule has 1 aromatic carbocycles. The standard InChI is InChI=1S/C13H12F2N2O/c14-11-5-4-9(7-12(11)15)13(18)17-6-2-1-3-10(17)8-16/h4-5,7,10H,1-3,6H2. The van der Waals surface area contributed by atoms with Gasteiger partial charge in [0.25, 0.3) is 5.91 Å². The van der Waals surface area contributed by atoms with Gasteiger partial charge in [-0.25, -0.2) is 8.78 Å². The fraction of sp³-hybridized carbons (Fsp3) is 0.385. The third-order valence-corrected chi connectivity index (χ3v) is 3.08. The summed E-state index contributed by atoms with van der Waals surface area (Å²) in [7, 11) is 0. The number of piperidine rings is 1. The number of hydrogen-bond acceptors (Lipinski definition) is 2. The molecule has 1 unspecified atom stereocenters. The highest BCUT2D eigenvalue weighted by atomic mass is 19.2. The van der Waals surface area contributed by atoms with Crippen LogP contribution in [-0.4, -0.2) is 23.4 Å². The average Bonchev–Trinajstić information content (AvgIpc) is 2.41. The van der Waals surface area contributed by atoms with Gasteiger partial charge < -0.3 is 4.90 Å². The maximum absolute atomic E-state index is 13.1. The summed E-state index contributed by atoms with van der Waals surface area (Å²) in [6, 6.07) is 4.64. The van der Waals surface area contributed by atoms with E-state index in [4.69, 9.17) is 5.26 Å². The van der Waals surface area contributed by atoms with Crippen molar-refractivity contribution >= 4 is 5.91 Å². The van der Waals surface area contributed by atoms with Gasteiger partial charge in [0.2, 0.25) is 0 Å². The zero-order valence-corrected chi connectivity index (χ0v) is 9.70. The van der Waals surface area contributed by atoms with Crippen molar-refractivity contribution in [3.8, 4) is 6.07 Å². The topological polar surface area (TPSA) is 44.1 Å². The summed E-state index contributed by atoms with van der Waals surface area (Å²) in [5.41, 5.74) is 0.0797. The predicted octanol–water partition coefficient (Wildman–Crippen LogP) is 2.48. The van der Waals surface area contributed by atoms with Crippen LogP contribution in [-0.2, 0) is 0 Å². The van der Waals surface area contributed by atoms with Crippen molar-refractivity contribution in [2.75, 3.05) is 6.54 Å². The van der Waals surface area contributed by atoms with Gasteiger partial charge in [-0.15, -0.1) is 0 Å². The first-order valence-electron chi connectivity index (χ1n) is 5.79. The fourth-order valence-corrected chi connectivity index (χ4v) is 2.10. The Morgan fingerprint density at radius 1 is 1.33 bits per heavy atom. The van der Waals surface area contributed by atoms with Crippen LogP contribution in [0.2, 0.25) is 0 Å². The number of likely N-dealkylation sites (tertiary alicyclic amines) is 1. The third-order valence-electron chi connectivity index (χ3n) is 3.08. The summed E-state index contributed by atoms with van der Waals surface area (Å²) in [6.07, 6.45) is 2.36. The van der Waals surface area contributed by atoms with Crippen LogP contribution in [0.3, 0.4) is 0 Å². The van der Waals surface area contributed by atoms with Crippen molar-refractivity contribution in [1.82, 2.24) is 4.90 Å². The number of hydrogen-bond donors (Lipinski definition) is 0. The van der Waals surface area contributed by atoms with Crippen LogP contribution >= 0.6 is 0 Å². The molecule has 94 valence electrons. The lowest BCUT2D eigenvalue weighted by Gasteiger charge is -2.31. The maximum Gasteiger partial charge on any atom is 0.255 e. The van der Waals surface area contributed by atoms with Crippen LogP contribution in [0.1, 0.15) is 29.6 Å². The number of nitrogens with zero attached hydrogens (tertiary/aromatic N) is 2. The van der Waals surface area contributed by atoms with E-state index in [-0.39, 0.29) is 5.56 Å². The Bertz CT molecular complexity index is 510. The largest absolute Gasteiger partial charge is 0.323 e. The summed E-state index contributed by atoms with van der Waals surface area (Å²) >= 11 is 0. The number of rotatable bonds is 1. The Morgan fingerprint density at radius 2 is 2.11 bits per heavy atom. The molecule has 0 radical (unpaired) electrons. The smallest absolute Gasteiger partial charge is 0.255 e. The molecule has 1 aliphatic heterocycles. The molecule has 18 heavy (non-hydrogen) atoms. The predicted molar refractivity (Wildman–Crippen MR) is 60.6 cm³/mol. The molecule has 1 aliphatic rings. The number of benzene rings is 1. The second kappa shape index (κ2) is 5.13. The Morgan fingerprint density at radius 3 is 2.78 bits per heavy atom.